The summed E-state index contributed by atoms with van der Waals surface area (Å²) in [5.41, 5.74) is 1.53. The molecule has 1 saturated heterocycles. The summed E-state index contributed by atoms with van der Waals surface area (Å²) in [6.07, 6.45) is 5.77. The Bertz CT molecular complexity index is 1070. The van der Waals surface area contributed by atoms with Gasteiger partial charge in [0.05, 0.1) is 12.6 Å². The topological polar surface area (TPSA) is 76.4 Å². The molecule has 156 valence electrons. The summed E-state index contributed by atoms with van der Waals surface area (Å²) in [6.45, 7) is 1.44. The number of anilines is 1. The summed E-state index contributed by atoms with van der Waals surface area (Å²) in [5.74, 6) is 1.53. The maximum Gasteiger partial charge on any atom is 0.275 e. The van der Waals surface area contributed by atoms with E-state index in [9.17, 15) is 4.79 Å². The molecule has 2 fully saturated rings. The number of piperidine rings is 1. The number of hydrogen-bond acceptors (Lipinski definition) is 6. The number of carbonyl (C=O) groups excluding carboxylic acids is 1. The molecule has 1 saturated carbocycles. The minimum atomic E-state index is 0.0203. The summed E-state index contributed by atoms with van der Waals surface area (Å²) < 4.78 is 7.07. The molecule has 0 N–H and O–H groups in total. The zero-order chi connectivity index (χ0) is 20.7. The van der Waals surface area contributed by atoms with Crippen molar-refractivity contribution in [2.45, 2.75) is 37.8 Å². The quantitative estimate of drug-likeness (QED) is 0.648. The highest BCUT2D eigenvalue weighted by Crippen LogP contribution is 2.36. The number of likely N-dealkylation sites (tertiary alicyclic amines) is 1. The van der Waals surface area contributed by atoms with E-state index in [2.05, 4.69) is 20.0 Å². The van der Waals surface area contributed by atoms with Crippen molar-refractivity contribution in [1.82, 2.24) is 24.6 Å². The number of hydrogen-bond donors (Lipinski definition) is 0. The monoisotopic (exact) mass is 406 g/mol. The minimum absolute atomic E-state index is 0.0203. The zero-order valence-corrected chi connectivity index (χ0v) is 17.4. The van der Waals surface area contributed by atoms with Crippen molar-refractivity contribution in [3.8, 4) is 5.88 Å². The Hall–Kier alpha value is -3.16. The van der Waals surface area contributed by atoms with Gasteiger partial charge in [0.1, 0.15) is 12.1 Å². The van der Waals surface area contributed by atoms with Crippen molar-refractivity contribution in [2.24, 2.45) is 7.05 Å². The zero-order valence-electron chi connectivity index (χ0n) is 17.4. The van der Waals surface area contributed by atoms with Gasteiger partial charge < -0.3 is 14.5 Å². The van der Waals surface area contributed by atoms with Crippen molar-refractivity contribution in [1.29, 1.82) is 0 Å². The number of benzene rings is 1. The molecule has 2 aliphatic rings. The van der Waals surface area contributed by atoms with Gasteiger partial charge in [-0.25, -0.2) is 9.97 Å². The molecule has 0 spiro atoms. The van der Waals surface area contributed by atoms with Crippen molar-refractivity contribution in [3.05, 3.63) is 42.4 Å². The maximum atomic E-state index is 13.2. The number of carbonyl (C=O) groups is 1. The average Bonchev–Trinajstić information content (AvgIpc) is 3.57. The van der Waals surface area contributed by atoms with Crippen molar-refractivity contribution < 1.29 is 9.53 Å². The van der Waals surface area contributed by atoms with E-state index in [0.29, 0.717) is 23.7 Å². The van der Waals surface area contributed by atoms with Crippen molar-refractivity contribution in [3.63, 3.8) is 0 Å². The summed E-state index contributed by atoms with van der Waals surface area (Å²) in [5, 5.41) is 5.42. The van der Waals surface area contributed by atoms with E-state index >= 15 is 0 Å². The Morgan fingerprint density at radius 2 is 1.83 bits per heavy atom. The van der Waals surface area contributed by atoms with Crippen LogP contribution in [0.3, 0.4) is 0 Å². The molecule has 3 heterocycles. The van der Waals surface area contributed by atoms with E-state index in [4.69, 9.17) is 4.74 Å². The third-order valence-electron chi connectivity index (χ3n) is 6.15. The number of fused-ring (bicyclic) bond motifs is 1. The van der Waals surface area contributed by atoms with Crippen molar-refractivity contribution >= 4 is 22.6 Å². The Morgan fingerprint density at radius 3 is 2.57 bits per heavy atom. The van der Waals surface area contributed by atoms with Crippen LogP contribution in [-0.4, -0.2) is 62.8 Å². The van der Waals surface area contributed by atoms with Crippen LogP contribution in [0.25, 0.3) is 10.9 Å². The van der Waals surface area contributed by atoms with Crippen LogP contribution >= 0.6 is 0 Å². The number of nitrogens with zero attached hydrogens (tertiary/aromatic N) is 6. The van der Waals surface area contributed by atoms with Crippen LogP contribution in [0.15, 0.2) is 36.7 Å². The Kier molecular flexibility index (Phi) is 4.77. The summed E-state index contributed by atoms with van der Waals surface area (Å²) in [4.78, 5) is 26.2. The largest absolute Gasteiger partial charge is 0.481 e. The van der Waals surface area contributed by atoms with E-state index < -0.39 is 0 Å². The number of para-hydroxylation sites is 1. The van der Waals surface area contributed by atoms with Gasteiger partial charge in [-0.05, 0) is 31.7 Å². The molecular weight excluding hydrogens is 380 g/mol. The first-order valence-corrected chi connectivity index (χ1v) is 10.5. The molecule has 3 aromatic rings. The molecule has 8 heteroatoms. The molecule has 5 rings (SSSR count). The first kappa shape index (κ1) is 18.8. The van der Waals surface area contributed by atoms with E-state index in [1.165, 1.54) is 12.8 Å². The van der Waals surface area contributed by atoms with Gasteiger partial charge in [-0.3, -0.25) is 9.48 Å². The number of amides is 1. The maximum absolute atomic E-state index is 13.2. The standard InChI is InChI=1S/C22H26N6O2/c1-26-18-6-4-3-5-17(18)21(25-26)22(29)27-11-9-16(10-12-27)28(15-7-8-15)19-13-20(30-2)24-14-23-19/h3-6,13-16H,7-12H2,1-2H3. The Morgan fingerprint density at radius 1 is 1.10 bits per heavy atom. The minimum Gasteiger partial charge on any atom is -0.481 e. The van der Waals surface area contributed by atoms with Gasteiger partial charge in [0.15, 0.2) is 5.69 Å². The van der Waals surface area contributed by atoms with Gasteiger partial charge in [-0.1, -0.05) is 18.2 Å². The van der Waals surface area contributed by atoms with E-state index in [1.807, 2.05) is 42.3 Å². The molecule has 1 aliphatic heterocycles. The lowest BCUT2D eigenvalue weighted by molar-refractivity contribution is 0.0707. The van der Waals surface area contributed by atoms with Crippen LogP contribution in [0.5, 0.6) is 5.88 Å². The van der Waals surface area contributed by atoms with Crippen LogP contribution < -0.4 is 9.64 Å². The fraction of sp³-hybridized carbons (Fsp3) is 0.455. The second-order valence-corrected chi connectivity index (χ2v) is 8.07. The molecule has 8 nitrogen and oxygen atoms in total. The molecule has 0 atom stereocenters. The number of aromatic nitrogens is 4. The predicted octanol–water partition coefficient (Wildman–Crippen LogP) is 2.65. The van der Waals surface area contributed by atoms with Gasteiger partial charge >= 0.3 is 0 Å². The normalized spacial score (nSPS) is 17.3. The molecule has 2 aromatic heterocycles. The first-order valence-electron chi connectivity index (χ1n) is 10.5. The lowest BCUT2D eigenvalue weighted by Crippen LogP contribution is -2.48. The van der Waals surface area contributed by atoms with E-state index in [1.54, 1.807) is 18.1 Å². The fourth-order valence-corrected chi connectivity index (χ4v) is 4.48. The van der Waals surface area contributed by atoms with Crippen LogP contribution in [-0.2, 0) is 7.05 Å². The smallest absolute Gasteiger partial charge is 0.275 e. The van der Waals surface area contributed by atoms with Crippen LogP contribution in [0.1, 0.15) is 36.2 Å². The second-order valence-electron chi connectivity index (χ2n) is 8.07. The van der Waals surface area contributed by atoms with Gasteiger partial charge in [0.25, 0.3) is 5.91 Å². The molecule has 0 radical (unpaired) electrons. The fourth-order valence-electron chi connectivity index (χ4n) is 4.48. The Balaban J connectivity index is 1.32. The number of rotatable bonds is 5. The van der Waals surface area contributed by atoms with Crippen LogP contribution in [0.2, 0.25) is 0 Å². The number of methoxy groups -OCH3 is 1. The highest BCUT2D eigenvalue weighted by Gasteiger charge is 2.37. The predicted molar refractivity (Wildman–Crippen MR) is 114 cm³/mol. The third kappa shape index (κ3) is 3.36. The van der Waals surface area contributed by atoms with Gasteiger partial charge in [-0.15, -0.1) is 0 Å². The average molecular weight is 406 g/mol. The molecule has 1 amide bonds. The molecule has 1 aliphatic carbocycles. The molecule has 1 aromatic carbocycles. The number of ether oxygens (including phenoxy) is 1. The highest BCUT2D eigenvalue weighted by molar-refractivity contribution is 6.04. The van der Waals surface area contributed by atoms with Gasteiger partial charge in [0, 0.05) is 43.7 Å². The third-order valence-corrected chi connectivity index (χ3v) is 6.15. The lowest BCUT2D eigenvalue weighted by Gasteiger charge is -2.39. The Labute approximate surface area is 175 Å². The summed E-state index contributed by atoms with van der Waals surface area (Å²) in [7, 11) is 3.51. The molecule has 0 unspecified atom stereocenters. The summed E-state index contributed by atoms with van der Waals surface area (Å²) in [6, 6.07) is 10.7. The molecular formula is C22H26N6O2. The highest BCUT2D eigenvalue weighted by atomic mass is 16.5. The molecule has 30 heavy (non-hydrogen) atoms. The first-order chi connectivity index (χ1) is 14.7. The van der Waals surface area contributed by atoms with Crippen LogP contribution in [0.4, 0.5) is 5.82 Å². The number of aryl methyl sites for hydroxylation is 1. The summed E-state index contributed by atoms with van der Waals surface area (Å²) >= 11 is 0. The lowest BCUT2D eigenvalue weighted by atomic mass is 10.0. The SMILES string of the molecule is COc1cc(N(C2CC2)C2CCN(C(=O)c3nn(C)c4ccccc34)CC2)ncn1. The van der Waals surface area contributed by atoms with E-state index in [0.717, 1.165) is 42.7 Å². The van der Waals surface area contributed by atoms with Gasteiger partial charge in [-0.2, -0.15) is 5.10 Å². The van der Waals surface area contributed by atoms with Gasteiger partial charge in [0.2, 0.25) is 5.88 Å². The van der Waals surface area contributed by atoms with E-state index in [-0.39, 0.29) is 5.91 Å². The van der Waals surface area contributed by atoms with Crippen LogP contribution in [0, 0.1) is 0 Å². The molecule has 0 bridgehead atoms. The van der Waals surface area contributed by atoms with Crippen molar-refractivity contribution in [2.75, 3.05) is 25.1 Å². The second kappa shape index (κ2) is 7.59.